The molecule has 1 aliphatic heterocycles. The summed E-state index contributed by atoms with van der Waals surface area (Å²) in [5.74, 6) is -1.62. The summed E-state index contributed by atoms with van der Waals surface area (Å²) in [7, 11) is 1.60. The van der Waals surface area contributed by atoms with Gasteiger partial charge in [0.15, 0.2) is 0 Å². The van der Waals surface area contributed by atoms with Crippen molar-refractivity contribution in [2.24, 2.45) is 5.92 Å². The van der Waals surface area contributed by atoms with Gasteiger partial charge in [-0.2, -0.15) is 13.2 Å². The number of alkyl halides is 3. The van der Waals surface area contributed by atoms with E-state index in [9.17, 15) is 22.8 Å². The van der Waals surface area contributed by atoms with E-state index in [1.54, 1.807) is 19.4 Å². The Labute approximate surface area is 132 Å². The maximum absolute atomic E-state index is 12.4. The third-order valence-electron chi connectivity index (χ3n) is 3.80. The summed E-state index contributed by atoms with van der Waals surface area (Å²) >= 11 is 0. The number of aromatic nitrogens is 1. The van der Waals surface area contributed by atoms with E-state index in [1.165, 1.54) is 4.90 Å². The van der Waals surface area contributed by atoms with Crippen LogP contribution in [-0.4, -0.2) is 59.5 Å². The van der Waals surface area contributed by atoms with E-state index in [2.05, 4.69) is 4.98 Å². The molecule has 1 aromatic heterocycles. The summed E-state index contributed by atoms with van der Waals surface area (Å²) < 4.78 is 37.1. The van der Waals surface area contributed by atoms with Crippen LogP contribution in [0.1, 0.15) is 12.0 Å². The van der Waals surface area contributed by atoms with Crippen molar-refractivity contribution in [3.8, 4) is 0 Å². The van der Waals surface area contributed by atoms with Crippen molar-refractivity contribution in [1.82, 2.24) is 14.8 Å². The lowest BCUT2D eigenvalue weighted by atomic mass is 10.1. The maximum Gasteiger partial charge on any atom is 0.406 e. The third kappa shape index (κ3) is 4.94. The van der Waals surface area contributed by atoms with Crippen LogP contribution in [0.3, 0.4) is 0 Å². The predicted octanol–water partition coefficient (Wildman–Crippen LogP) is 1.49. The number of hydrogen-bond acceptors (Lipinski definition) is 3. The van der Waals surface area contributed by atoms with Gasteiger partial charge in [0.2, 0.25) is 11.8 Å². The van der Waals surface area contributed by atoms with Crippen molar-refractivity contribution in [3.63, 3.8) is 0 Å². The highest BCUT2D eigenvalue weighted by Crippen LogP contribution is 2.24. The van der Waals surface area contributed by atoms with Gasteiger partial charge in [-0.1, -0.05) is 0 Å². The second-order valence-corrected chi connectivity index (χ2v) is 5.66. The fraction of sp³-hybridized carbons (Fsp3) is 0.533. The van der Waals surface area contributed by atoms with Gasteiger partial charge in [0.1, 0.15) is 6.54 Å². The number of carbonyl (C=O) groups excluding carboxylic acids is 2. The van der Waals surface area contributed by atoms with E-state index >= 15 is 0 Å². The minimum absolute atomic E-state index is 0.158. The lowest BCUT2D eigenvalue weighted by Crippen LogP contribution is -2.38. The summed E-state index contributed by atoms with van der Waals surface area (Å²) in [6, 6.07) is 3.67. The number of nitrogens with zero attached hydrogens (tertiary/aromatic N) is 3. The van der Waals surface area contributed by atoms with Crippen LogP contribution in [0.5, 0.6) is 0 Å². The fourth-order valence-corrected chi connectivity index (χ4v) is 2.57. The molecule has 8 heteroatoms. The van der Waals surface area contributed by atoms with Gasteiger partial charge in [0, 0.05) is 39.0 Å². The summed E-state index contributed by atoms with van der Waals surface area (Å²) in [6.45, 7) is -1.03. The van der Waals surface area contributed by atoms with Crippen molar-refractivity contribution >= 4 is 11.8 Å². The molecule has 23 heavy (non-hydrogen) atoms. The van der Waals surface area contributed by atoms with Gasteiger partial charge in [-0.05, 0) is 24.1 Å². The molecule has 1 aliphatic rings. The van der Waals surface area contributed by atoms with Crippen molar-refractivity contribution in [2.45, 2.75) is 19.0 Å². The van der Waals surface area contributed by atoms with Crippen LogP contribution in [0.2, 0.25) is 0 Å². The molecule has 0 N–H and O–H groups in total. The van der Waals surface area contributed by atoms with Gasteiger partial charge in [-0.15, -0.1) is 0 Å². The Morgan fingerprint density at radius 1 is 1.39 bits per heavy atom. The minimum atomic E-state index is -4.44. The lowest BCUT2D eigenvalue weighted by molar-refractivity contribution is -0.157. The van der Waals surface area contributed by atoms with E-state index in [4.69, 9.17) is 0 Å². The second-order valence-electron chi connectivity index (χ2n) is 5.66. The molecule has 126 valence electrons. The zero-order valence-electron chi connectivity index (χ0n) is 12.7. The number of likely N-dealkylation sites (N-methyl/N-ethyl adjacent to an activating group) is 1. The largest absolute Gasteiger partial charge is 0.406 e. The molecule has 0 unspecified atom stereocenters. The summed E-state index contributed by atoms with van der Waals surface area (Å²) in [4.78, 5) is 30.0. The molecule has 5 nitrogen and oxygen atoms in total. The lowest BCUT2D eigenvalue weighted by Gasteiger charge is -2.22. The van der Waals surface area contributed by atoms with Gasteiger partial charge in [-0.25, -0.2) is 0 Å². The minimum Gasteiger partial charge on any atom is -0.345 e. The number of likely N-dealkylation sites (tertiary alicyclic amines) is 1. The van der Waals surface area contributed by atoms with Gasteiger partial charge in [-0.3, -0.25) is 14.6 Å². The van der Waals surface area contributed by atoms with Crippen molar-refractivity contribution in [1.29, 1.82) is 0 Å². The van der Waals surface area contributed by atoms with E-state index in [0.717, 1.165) is 5.56 Å². The normalized spacial score (nSPS) is 18.3. The Hall–Kier alpha value is -2.12. The van der Waals surface area contributed by atoms with Gasteiger partial charge < -0.3 is 9.80 Å². The first-order valence-corrected chi connectivity index (χ1v) is 7.24. The topological polar surface area (TPSA) is 53.5 Å². The van der Waals surface area contributed by atoms with Gasteiger partial charge in [0.25, 0.3) is 0 Å². The average molecular weight is 329 g/mol. The van der Waals surface area contributed by atoms with Crippen LogP contribution in [0, 0.1) is 5.92 Å². The quantitative estimate of drug-likeness (QED) is 0.822. The summed E-state index contributed by atoms with van der Waals surface area (Å²) in [5.41, 5.74) is 1.01. The molecule has 0 aromatic carbocycles. The Morgan fingerprint density at radius 3 is 2.65 bits per heavy atom. The molecule has 2 amide bonds. The Bertz CT molecular complexity index is 563. The molecule has 2 heterocycles. The molecule has 1 fully saturated rings. The first-order valence-electron chi connectivity index (χ1n) is 7.24. The van der Waals surface area contributed by atoms with Crippen molar-refractivity contribution < 1.29 is 22.8 Å². The number of rotatable bonds is 5. The van der Waals surface area contributed by atoms with Crippen LogP contribution in [-0.2, 0) is 16.0 Å². The average Bonchev–Trinajstić information content (AvgIpc) is 2.84. The number of carbonyl (C=O) groups is 2. The molecule has 0 saturated carbocycles. The number of pyridine rings is 1. The molecular formula is C15H18F3N3O2. The number of halogens is 3. The standard InChI is InChI=1S/C15H18F3N3O2/c1-20(7-4-11-2-5-19-6-3-11)14(23)12-8-13(22)21(9-12)10-15(16,17)18/h2-3,5-6,12H,4,7-10H2,1H3/t12-/m1/s1. The molecule has 0 bridgehead atoms. The molecule has 0 aliphatic carbocycles. The van der Waals surface area contributed by atoms with Crippen LogP contribution in [0.15, 0.2) is 24.5 Å². The highest BCUT2D eigenvalue weighted by atomic mass is 19.4. The molecular weight excluding hydrogens is 311 g/mol. The van der Waals surface area contributed by atoms with Gasteiger partial charge in [0.05, 0.1) is 5.92 Å². The molecule has 0 spiro atoms. The Balaban J connectivity index is 1.86. The summed E-state index contributed by atoms with van der Waals surface area (Å²) in [5, 5.41) is 0. The number of hydrogen-bond donors (Lipinski definition) is 0. The van der Waals surface area contributed by atoms with Crippen LogP contribution >= 0.6 is 0 Å². The van der Waals surface area contributed by atoms with Crippen molar-refractivity contribution in [3.05, 3.63) is 30.1 Å². The van der Waals surface area contributed by atoms with Crippen LogP contribution < -0.4 is 0 Å². The Kier molecular flexibility index (Phi) is 5.23. The van der Waals surface area contributed by atoms with E-state index in [-0.39, 0.29) is 18.9 Å². The van der Waals surface area contributed by atoms with E-state index in [1.807, 2.05) is 12.1 Å². The predicted molar refractivity (Wildman–Crippen MR) is 76.3 cm³/mol. The SMILES string of the molecule is CN(CCc1ccncc1)C(=O)[C@@H]1CC(=O)N(CC(F)(F)F)C1. The number of amides is 2. The molecule has 1 aromatic rings. The fourth-order valence-electron chi connectivity index (χ4n) is 2.57. The zero-order chi connectivity index (χ0) is 17.0. The third-order valence-corrected chi connectivity index (χ3v) is 3.80. The van der Waals surface area contributed by atoms with Gasteiger partial charge >= 0.3 is 6.18 Å². The molecule has 1 saturated heterocycles. The highest BCUT2D eigenvalue weighted by Gasteiger charge is 2.41. The Morgan fingerprint density at radius 2 is 2.04 bits per heavy atom. The molecule has 0 radical (unpaired) electrons. The first kappa shape index (κ1) is 17.2. The van der Waals surface area contributed by atoms with Crippen molar-refractivity contribution in [2.75, 3.05) is 26.7 Å². The zero-order valence-corrected chi connectivity index (χ0v) is 12.7. The van der Waals surface area contributed by atoms with Crippen LogP contribution in [0.4, 0.5) is 13.2 Å². The van der Waals surface area contributed by atoms with Crippen LogP contribution in [0.25, 0.3) is 0 Å². The molecule has 2 rings (SSSR count). The van der Waals surface area contributed by atoms with E-state index in [0.29, 0.717) is 17.9 Å². The maximum atomic E-state index is 12.4. The smallest absolute Gasteiger partial charge is 0.345 e. The first-order chi connectivity index (χ1) is 10.8. The summed E-state index contributed by atoms with van der Waals surface area (Å²) in [6.07, 6.45) is -0.670. The molecule has 1 atom stereocenters. The van der Waals surface area contributed by atoms with E-state index < -0.39 is 24.5 Å². The highest BCUT2D eigenvalue weighted by molar-refractivity contribution is 5.89. The monoisotopic (exact) mass is 329 g/mol. The second kappa shape index (κ2) is 6.97.